The first-order valence-corrected chi connectivity index (χ1v) is 41.8. The number of ether oxygens (including phenoxy) is 1. The highest BCUT2D eigenvalue weighted by Gasteiger charge is 2.51. The molecule has 2 aliphatic rings. The molecule has 1 spiro atoms. The fourth-order valence-corrected chi connectivity index (χ4v) is 21.7. The van der Waals surface area contributed by atoms with Crippen LogP contribution in [0.3, 0.4) is 0 Å². The largest absolute Gasteiger partial charge is 0.457 e. The number of rotatable bonds is 4. The van der Waals surface area contributed by atoms with Gasteiger partial charge in [0.2, 0.25) is 0 Å². The van der Waals surface area contributed by atoms with Gasteiger partial charge in [-0.25, -0.2) is 19.8 Å². The number of para-hydroxylation sites is 5. The normalized spacial score (nSPS) is 12.8. The molecule has 11 heteroatoms. The van der Waals surface area contributed by atoms with Crippen LogP contribution in [0.25, 0.3) is 208 Å². The zero-order valence-corrected chi connectivity index (χ0v) is 67.4. The summed E-state index contributed by atoms with van der Waals surface area (Å²) >= 11 is 11.3. The van der Waals surface area contributed by atoms with Gasteiger partial charge in [0.05, 0.1) is 56.1 Å². The average molecular weight is 1700 g/mol. The molecule has 27 rings (SSSR count). The number of hydrogen-bond acceptors (Lipinski definition) is 4. The first-order chi connectivity index (χ1) is 58.2. The first-order valence-electron chi connectivity index (χ1n) is 39.5. The van der Waals surface area contributed by atoms with Crippen LogP contribution in [-0.2, 0) is 5.41 Å². The number of aromatic nitrogens is 6. The van der Waals surface area contributed by atoms with Crippen molar-refractivity contribution in [3.8, 4) is 67.9 Å². The number of benzene rings is 18. The van der Waals surface area contributed by atoms with Gasteiger partial charge < -0.3 is 17.9 Å². The Morgan fingerprint density at radius 1 is 0.263 bits per heavy atom. The summed E-state index contributed by atoms with van der Waals surface area (Å²) in [6.07, 6.45) is 0. The highest BCUT2D eigenvalue weighted by molar-refractivity contribution is 9.11. The van der Waals surface area contributed by atoms with Crippen LogP contribution in [0.5, 0.6) is 11.5 Å². The van der Waals surface area contributed by atoms with E-state index in [-0.39, 0.29) is 0 Å². The van der Waals surface area contributed by atoms with E-state index >= 15 is 0 Å². The minimum Gasteiger partial charge on any atom is -0.457 e. The molecule has 0 saturated carbocycles. The maximum absolute atomic E-state index is 7.54. The summed E-state index contributed by atoms with van der Waals surface area (Å²) in [6.45, 7) is 7.54. The predicted octanol–water partition coefficient (Wildman–Crippen LogP) is 30.1. The Morgan fingerprint density at radius 3 is 1.38 bits per heavy atom. The summed E-state index contributed by atoms with van der Waals surface area (Å²) in [4.78, 5) is 18.7. The topological polar surface area (TPSA) is 65.5 Å². The van der Waals surface area contributed by atoms with E-state index in [2.05, 4.69) is 345 Å². The van der Waals surface area contributed by atoms with Gasteiger partial charge in [0.15, 0.2) is 23.2 Å². The van der Waals surface area contributed by atoms with Crippen LogP contribution >= 0.6 is 47.8 Å². The SMILES string of the molecule is Brc1cc2c3cccc4c(-c5nc(-c6ccccc6)nc(-c6ccccc6)n5)ccc(c43)n3c4ccccc4c(c1)c23.Brc1cc2c3cccc4cccc(c43)n3c4ccc(-c5ccc6c(c5)-c5ccccc5C65c6ccccc6Oc6ccccc65)cc4c(c1)c23.[C-]#[N+]c1cc2cc(Br)cc3c4cccc5c6ccccc6n(c(c1)c23)c45. The van der Waals surface area contributed by atoms with Gasteiger partial charge in [-0.05, 0) is 175 Å². The van der Waals surface area contributed by atoms with Crippen LogP contribution in [0.2, 0.25) is 0 Å². The Balaban J connectivity index is 0.000000103. The smallest absolute Gasteiger partial charge is 0.189 e. The van der Waals surface area contributed by atoms with Crippen molar-refractivity contribution in [1.82, 2.24) is 28.2 Å². The van der Waals surface area contributed by atoms with E-state index in [0.29, 0.717) is 23.2 Å². The zero-order chi connectivity index (χ0) is 77.9. The lowest BCUT2D eigenvalue weighted by molar-refractivity contribution is 0.436. The van der Waals surface area contributed by atoms with Crippen LogP contribution < -0.4 is 4.74 Å². The molecule has 0 amide bonds. The van der Waals surface area contributed by atoms with E-state index < -0.39 is 5.41 Å². The first kappa shape index (κ1) is 67.2. The lowest BCUT2D eigenvalue weighted by Crippen LogP contribution is -2.32. The fourth-order valence-electron chi connectivity index (χ4n) is 20.3. The fraction of sp³-hybridized carbons (Fsp3) is 0.00935. The Hall–Kier alpha value is -14.1. The minimum atomic E-state index is -0.457. The minimum absolute atomic E-state index is 0.457. The van der Waals surface area contributed by atoms with E-state index in [1.165, 1.54) is 175 Å². The molecule has 118 heavy (non-hydrogen) atoms. The third-order valence-electron chi connectivity index (χ3n) is 25.0. The van der Waals surface area contributed by atoms with Crippen LogP contribution in [0.4, 0.5) is 5.69 Å². The molecular weight excluding hydrogens is 1640 g/mol. The van der Waals surface area contributed by atoms with Crippen molar-refractivity contribution in [1.29, 1.82) is 0 Å². The van der Waals surface area contributed by atoms with Gasteiger partial charge in [-0.1, -0.05) is 290 Å². The number of nitrogens with zero attached hydrogens (tertiary/aromatic N) is 7. The molecular formula is C107H58Br3N7O. The number of pyridine rings is 3. The number of halogens is 3. The summed E-state index contributed by atoms with van der Waals surface area (Å²) in [5.41, 5.74) is 23.9. The van der Waals surface area contributed by atoms with Gasteiger partial charge in [0.25, 0.3) is 0 Å². The molecule has 0 saturated heterocycles. The van der Waals surface area contributed by atoms with Crippen molar-refractivity contribution in [2.75, 3.05) is 0 Å². The second-order valence-corrected chi connectivity index (χ2v) is 33.8. The summed E-state index contributed by atoms with van der Waals surface area (Å²) in [6, 6.07) is 126. The van der Waals surface area contributed by atoms with Gasteiger partial charge in [-0.3, -0.25) is 0 Å². The lowest BCUT2D eigenvalue weighted by Gasteiger charge is -2.39. The van der Waals surface area contributed by atoms with E-state index in [9.17, 15) is 0 Å². The maximum Gasteiger partial charge on any atom is 0.189 e. The second-order valence-electron chi connectivity index (χ2n) is 31.0. The van der Waals surface area contributed by atoms with Crippen LogP contribution in [0, 0.1) is 6.57 Å². The zero-order valence-electron chi connectivity index (χ0n) is 62.7. The van der Waals surface area contributed by atoms with Crippen molar-refractivity contribution < 1.29 is 4.74 Å². The van der Waals surface area contributed by atoms with Gasteiger partial charge >= 0.3 is 0 Å². The van der Waals surface area contributed by atoms with Gasteiger partial charge in [0.1, 0.15) is 11.5 Å². The molecule has 1 aliphatic carbocycles. The van der Waals surface area contributed by atoms with Gasteiger partial charge in [0, 0.05) is 111 Å². The molecule has 1 aliphatic heterocycles. The third kappa shape index (κ3) is 9.53. The van der Waals surface area contributed by atoms with Crippen molar-refractivity contribution in [3.63, 3.8) is 0 Å². The lowest BCUT2D eigenvalue weighted by atomic mass is 9.66. The van der Waals surface area contributed by atoms with E-state index in [4.69, 9.17) is 26.3 Å². The second kappa shape index (κ2) is 25.4. The quantitative estimate of drug-likeness (QED) is 0.100. The Bertz CT molecular complexity index is 8570. The van der Waals surface area contributed by atoms with E-state index in [0.717, 1.165) is 57.9 Å². The summed E-state index contributed by atoms with van der Waals surface area (Å²) in [5.74, 6) is 3.81. The predicted molar refractivity (Wildman–Crippen MR) is 498 cm³/mol. The number of hydrogen-bond donors (Lipinski definition) is 0. The molecule has 7 aromatic heterocycles. The van der Waals surface area contributed by atoms with Crippen molar-refractivity contribution in [2.24, 2.45) is 0 Å². The number of fused-ring (bicyclic) bond motifs is 24. The highest BCUT2D eigenvalue weighted by Crippen LogP contribution is 2.63. The molecule has 8 heterocycles. The molecule has 0 atom stereocenters. The molecule has 0 N–H and O–H groups in total. The van der Waals surface area contributed by atoms with Crippen molar-refractivity contribution in [2.45, 2.75) is 5.41 Å². The molecule has 0 radical (unpaired) electrons. The molecule has 25 aromatic rings. The average Bonchev–Trinajstić information content (AvgIpc) is 1.50. The summed E-state index contributed by atoms with van der Waals surface area (Å²) in [7, 11) is 0. The van der Waals surface area contributed by atoms with Crippen molar-refractivity contribution in [3.05, 3.63) is 399 Å². The summed E-state index contributed by atoms with van der Waals surface area (Å²) < 4.78 is 17.0. The molecule has 0 unspecified atom stereocenters. The monoisotopic (exact) mass is 1690 g/mol. The maximum atomic E-state index is 7.54. The van der Waals surface area contributed by atoms with E-state index in [1.807, 2.05) is 72.8 Å². The van der Waals surface area contributed by atoms with Crippen LogP contribution in [0.15, 0.2) is 365 Å². The van der Waals surface area contributed by atoms with Gasteiger partial charge in [-0.2, -0.15) is 0 Å². The van der Waals surface area contributed by atoms with Crippen molar-refractivity contribution >= 4 is 200 Å². The molecule has 18 aromatic carbocycles. The Kier molecular flexibility index (Phi) is 14.5. The Morgan fingerprint density at radius 2 is 0.703 bits per heavy atom. The molecule has 548 valence electrons. The van der Waals surface area contributed by atoms with E-state index in [1.54, 1.807) is 0 Å². The summed E-state index contributed by atoms with van der Waals surface area (Å²) in [5, 5.41) is 22.2. The van der Waals surface area contributed by atoms with Crippen LogP contribution in [-0.4, -0.2) is 28.2 Å². The molecule has 0 fully saturated rings. The Labute approximate surface area is 699 Å². The van der Waals surface area contributed by atoms with Gasteiger partial charge in [-0.15, -0.1) is 0 Å². The molecule has 0 bridgehead atoms. The standard InChI is InChI=1S/C47H26BrNO.C37H21BrN4.C23H11BrN2/c48-30-25-35-32-12-7-9-27-10-8-16-42(45(27)32)49-41-22-20-29(24-34(41)36(26-30)46(35)49)28-19-21-38-33(23-28)31-11-1-2-13-37(31)47(38)39-14-3-5-17-43(39)50-44-18-6-4-15-40(44)47;38-24-20-29-25-14-7-8-17-31(25)42-32-19-18-28(26-15-9-16-27(33(26)32)30(21-24)34(29)42)37-40-35(22-10-3-1-4-11-22)39-36(41-37)23-12-5-2-6-13-23;1-25-15-10-13-9-14(24)11-19-18-7-4-6-17-16-5-2-3-8-20(16)26(23(17)18)21(12-15)22(13)19/h1-26H;1-21H;2-12H. The van der Waals surface area contributed by atoms with Crippen LogP contribution in [0.1, 0.15) is 22.3 Å². The molecule has 8 nitrogen and oxygen atoms in total. The third-order valence-corrected chi connectivity index (χ3v) is 26.3. The highest BCUT2D eigenvalue weighted by atomic mass is 79.9.